The molecule has 2 nitrogen and oxygen atoms in total. The van der Waals surface area contributed by atoms with Gasteiger partial charge in [0, 0.05) is 17.0 Å². The fourth-order valence-electron chi connectivity index (χ4n) is 1.57. The quantitative estimate of drug-likeness (QED) is 0.579. The van der Waals surface area contributed by atoms with E-state index in [1.807, 2.05) is 0 Å². The van der Waals surface area contributed by atoms with E-state index < -0.39 is 0 Å². The molecule has 0 radical (unpaired) electrons. The molecule has 72 valence electrons. The molecule has 0 aromatic rings. The number of halogens is 1. The van der Waals surface area contributed by atoms with Crippen molar-refractivity contribution in [2.45, 2.75) is 32.4 Å². The molecule has 0 N–H and O–H groups in total. The molecule has 3 heteroatoms. The van der Waals surface area contributed by atoms with Gasteiger partial charge in [-0.2, -0.15) is 0 Å². The molecule has 1 aliphatic rings. The van der Waals surface area contributed by atoms with Crippen LogP contribution in [-0.4, -0.2) is 41.2 Å². The lowest BCUT2D eigenvalue weighted by molar-refractivity contribution is -0.0547. The summed E-state index contributed by atoms with van der Waals surface area (Å²) < 4.78 is 6.82. The predicted molar refractivity (Wildman–Crippen MR) is 60.0 cm³/mol. The molecule has 1 rings (SSSR count). The molecule has 1 fully saturated rings. The van der Waals surface area contributed by atoms with Crippen molar-refractivity contribution in [1.82, 2.24) is 4.90 Å². The fourth-order valence-corrected chi connectivity index (χ4v) is 1.92. The van der Waals surface area contributed by atoms with E-state index in [0.717, 1.165) is 13.2 Å². The van der Waals surface area contributed by atoms with Gasteiger partial charge in [-0.1, -0.05) is 22.6 Å². The molecule has 0 saturated carbocycles. The summed E-state index contributed by atoms with van der Waals surface area (Å²) in [5.74, 6) is 0. The van der Waals surface area contributed by atoms with Gasteiger partial charge in [-0.05, 0) is 26.8 Å². The van der Waals surface area contributed by atoms with E-state index in [0.29, 0.717) is 12.1 Å². The summed E-state index contributed by atoms with van der Waals surface area (Å²) in [6.45, 7) is 7.69. The van der Waals surface area contributed by atoms with E-state index >= 15 is 0 Å². The Hall–Kier alpha value is 0.650. The van der Waals surface area contributed by atoms with Crippen molar-refractivity contribution >= 4 is 22.6 Å². The van der Waals surface area contributed by atoms with Crippen molar-refractivity contribution < 1.29 is 4.74 Å². The molecular weight excluding hydrogens is 265 g/mol. The third kappa shape index (κ3) is 2.85. The Bertz CT molecular complexity index is 132. The van der Waals surface area contributed by atoms with Gasteiger partial charge in [0.15, 0.2) is 0 Å². The lowest BCUT2D eigenvalue weighted by Gasteiger charge is -2.37. The van der Waals surface area contributed by atoms with E-state index in [4.69, 9.17) is 4.74 Å². The van der Waals surface area contributed by atoms with Gasteiger partial charge in [0.25, 0.3) is 0 Å². The minimum absolute atomic E-state index is 0.410. The predicted octanol–water partition coefficient (Wildman–Crippen LogP) is 1.92. The highest BCUT2D eigenvalue weighted by atomic mass is 127. The van der Waals surface area contributed by atoms with Crippen LogP contribution in [0.2, 0.25) is 0 Å². The maximum absolute atomic E-state index is 5.56. The lowest BCUT2D eigenvalue weighted by Crippen LogP contribution is -2.48. The summed E-state index contributed by atoms with van der Waals surface area (Å²) in [5, 5.41) is 0. The molecule has 0 spiro atoms. The fraction of sp³-hybridized carbons (Fsp3) is 1.00. The van der Waals surface area contributed by atoms with Crippen molar-refractivity contribution in [2.24, 2.45) is 0 Å². The van der Waals surface area contributed by atoms with Gasteiger partial charge in [-0.25, -0.2) is 0 Å². The van der Waals surface area contributed by atoms with E-state index in [1.54, 1.807) is 0 Å². The number of morpholine rings is 1. The van der Waals surface area contributed by atoms with Crippen LogP contribution in [0.15, 0.2) is 0 Å². The van der Waals surface area contributed by atoms with Crippen molar-refractivity contribution in [3.63, 3.8) is 0 Å². The SMILES string of the molecule is CC1OCCN(CCCI)C1C. The van der Waals surface area contributed by atoms with E-state index in [9.17, 15) is 0 Å². The third-order valence-electron chi connectivity index (χ3n) is 2.59. The zero-order chi connectivity index (χ0) is 8.97. The van der Waals surface area contributed by atoms with Gasteiger partial charge < -0.3 is 4.74 Å². The smallest absolute Gasteiger partial charge is 0.0700 e. The molecule has 0 amide bonds. The van der Waals surface area contributed by atoms with Crippen LogP contribution < -0.4 is 0 Å². The minimum Gasteiger partial charge on any atom is -0.376 e. The zero-order valence-electron chi connectivity index (χ0n) is 7.92. The van der Waals surface area contributed by atoms with Crippen molar-refractivity contribution in [1.29, 1.82) is 0 Å². The van der Waals surface area contributed by atoms with Crippen LogP contribution in [0.4, 0.5) is 0 Å². The summed E-state index contributed by atoms with van der Waals surface area (Å²) in [7, 11) is 0. The van der Waals surface area contributed by atoms with E-state index in [1.165, 1.54) is 17.4 Å². The second-order valence-electron chi connectivity index (χ2n) is 3.40. The Kier molecular flexibility index (Phi) is 4.82. The Morgan fingerprint density at radius 1 is 1.50 bits per heavy atom. The second-order valence-corrected chi connectivity index (χ2v) is 4.47. The van der Waals surface area contributed by atoms with E-state index in [2.05, 4.69) is 41.3 Å². The minimum atomic E-state index is 0.410. The average Bonchev–Trinajstić information content (AvgIpc) is 2.08. The number of hydrogen-bond acceptors (Lipinski definition) is 2. The molecule has 12 heavy (non-hydrogen) atoms. The highest BCUT2D eigenvalue weighted by molar-refractivity contribution is 14.1. The number of ether oxygens (including phenoxy) is 1. The lowest BCUT2D eigenvalue weighted by atomic mass is 10.1. The summed E-state index contributed by atoms with van der Waals surface area (Å²) in [4.78, 5) is 2.53. The van der Waals surface area contributed by atoms with Gasteiger partial charge in [0.05, 0.1) is 12.7 Å². The van der Waals surface area contributed by atoms with Gasteiger partial charge in [0.2, 0.25) is 0 Å². The first kappa shape index (κ1) is 10.7. The monoisotopic (exact) mass is 283 g/mol. The molecule has 1 saturated heterocycles. The Balaban J connectivity index is 2.30. The normalized spacial score (nSPS) is 32.2. The van der Waals surface area contributed by atoms with Gasteiger partial charge in [0.1, 0.15) is 0 Å². The van der Waals surface area contributed by atoms with Crippen LogP contribution in [0, 0.1) is 0 Å². The molecule has 0 aromatic carbocycles. The van der Waals surface area contributed by atoms with Crippen molar-refractivity contribution in [3.05, 3.63) is 0 Å². The van der Waals surface area contributed by atoms with Crippen LogP contribution in [0.1, 0.15) is 20.3 Å². The van der Waals surface area contributed by atoms with Crippen LogP contribution in [0.25, 0.3) is 0 Å². The molecule has 2 atom stereocenters. The van der Waals surface area contributed by atoms with Crippen LogP contribution in [-0.2, 0) is 4.74 Å². The Labute approximate surface area is 88.8 Å². The first-order chi connectivity index (χ1) is 5.75. The molecule has 0 aliphatic carbocycles. The molecule has 0 bridgehead atoms. The standard InChI is InChI=1S/C9H18INO/c1-8-9(2)12-7-6-11(8)5-3-4-10/h8-9H,3-7H2,1-2H3. The maximum Gasteiger partial charge on any atom is 0.0700 e. The molecule has 2 unspecified atom stereocenters. The Morgan fingerprint density at radius 3 is 2.92 bits per heavy atom. The maximum atomic E-state index is 5.56. The number of hydrogen-bond donors (Lipinski definition) is 0. The molecule has 1 heterocycles. The van der Waals surface area contributed by atoms with Gasteiger partial charge >= 0.3 is 0 Å². The molecular formula is C9H18INO. The van der Waals surface area contributed by atoms with Crippen LogP contribution in [0.3, 0.4) is 0 Å². The first-order valence-electron chi connectivity index (χ1n) is 4.67. The summed E-state index contributed by atoms with van der Waals surface area (Å²) in [6, 6.07) is 0.599. The van der Waals surface area contributed by atoms with Crippen molar-refractivity contribution in [2.75, 3.05) is 24.1 Å². The largest absolute Gasteiger partial charge is 0.376 e. The average molecular weight is 283 g/mol. The van der Waals surface area contributed by atoms with E-state index in [-0.39, 0.29) is 0 Å². The molecule has 0 aromatic heterocycles. The highest BCUT2D eigenvalue weighted by Crippen LogP contribution is 2.13. The van der Waals surface area contributed by atoms with Gasteiger partial charge in [-0.3, -0.25) is 4.90 Å². The van der Waals surface area contributed by atoms with Crippen molar-refractivity contribution in [3.8, 4) is 0 Å². The number of rotatable bonds is 3. The first-order valence-corrected chi connectivity index (χ1v) is 6.20. The second kappa shape index (κ2) is 5.40. The zero-order valence-corrected chi connectivity index (χ0v) is 10.1. The number of nitrogens with zero attached hydrogens (tertiary/aromatic N) is 1. The van der Waals surface area contributed by atoms with Crippen LogP contribution >= 0.6 is 22.6 Å². The highest BCUT2D eigenvalue weighted by Gasteiger charge is 2.24. The summed E-state index contributed by atoms with van der Waals surface area (Å²) in [5.41, 5.74) is 0. The number of alkyl halides is 1. The van der Waals surface area contributed by atoms with Crippen LogP contribution in [0.5, 0.6) is 0 Å². The third-order valence-corrected chi connectivity index (χ3v) is 3.36. The summed E-state index contributed by atoms with van der Waals surface area (Å²) in [6.07, 6.45) is 1.71. The Morgan fingerprint density at radius 2 is 2.25 bits per heavy atom. The topological polar surface area (TPSA) is 12.5 Å². The van der Waals surface area contributed by atoms with Gasteiger partial charge in [-0.15, -0.1) is 0 Å². The summed E-state index contributed by atoms with van der Waals surface area (Å²) >= 11 is 2.44. The molecule has 1 aliphatic heterocycles.